The van der Waals surface area contributed by atoms with E-state index < -0.39 is 0 Å². The highest BCUT2D eigenvalue weighted by molar-refractivity contribution is 7.12. The smallest absolute Gasteiger partial charge is 0.261 e. The minimum Gasteiger partial charge on any atom is -0.351 e. The number of likely N-dealkylation sites (tertiary alicyclic amines) is 1. The Morgan fingerprint density at radius 3 is 2.95 bits per heavy atom. The highest BCUT2D eigenvalue weighted by atomic mass is 35.5. The van der Waals surface area contributed by atoms with Gasteiger partial charge in [-0.3, -0.25) is 9.59 Å². The van der Waals surface area contributed by atoms with Crippen molar-refractivity contribution in [1.29, 1.82) is 0 Å². The zero-order chi connectivity index (χ0) is 13.7. The van der Waals surface area contributed by atoms with Gasteiger partial charge in [-0.25, -0.2) is 0 Å². The van der Waals surface area contributed by atoms with E-state index in [2.05, 4.69) is 5.32 Å². The first kappa shape index (κ1) is 16.9. The lowest BCUT2D eigenvalue weighted by Gasteiger charge is -2.30. The van der Waals surface area contributed by atoms with E-state index in [1.165, 1.54) is 11.3 Å². The maximum Gasteiger partial charge on any atom is 0.261 e. The molecule has 1 saturated heterocycles. The van der Waals surface area contributed by atoms with E-state index in [1.807, 2.05) is 11.4 Å². The van der Waals surface area contributed by atoms with Crippen molar-refractivity contribution in [2.75, 3.05) is 19.6 Å². The van der Waals surface area contributed by atoms with Crippen LogP contribution in [-0.4, -0.2) is 42.4 Å². The third-order valence-electron chi connectivity index (χ3n) is 3.18. The van der Waals surface area contributed by atoms with Crippen LogP contribution in [-0.2, 0) is 4.79 Å². The van der Waals surface area contributed by atoms with Crippen LogP contribution in [0.25, 0.3) is 0 Å². The molecule has 1 fully saturated rings. The Hall–Kier alpha value is -1.11. The Labute approximate surface area is 128 Å². The molecule has 0 aliphatic carbocycles. The van der Waals surface area contributed by atoms with Crippen molar-refractivity contribution in [1.82, 2.24) is 10.2 Å². The molecule has 7 heteroatoms. The van der Waals surface area contributed by atoms with Crippen molar-refractivity contribution in [3.63, 3.8) is 0 Å². The van der Waals surface area contributed by atoms with E-state index in [-0.39, 0.29) is 30.3 Å². The molecule has 2 heterocycles. The van der Waals surface area contributed by atoms with E-state index in [9.17, 15) is 9.59 Å². The molecular weight excluding hydrogens is 298 g/mol. The summed E-state index contributed by atoms with van der Waals surface area (Å²) < 4.78 is 0. The zero-order valence-electron chi connectivity index (χ0n) is 11.2. The lowest BCUT2D eigenvalue weighted by Crippen LogP contribution is -2.46. The molecule has 0 spiro atoms. The molecule has 0 saturated carbocycles. The summed E-state index contributed by atoms with van der Waals surface area (Å²) in [5, 5.41) is 4.62. The topological polar surface area (TPSA) is 75.4 Å². The molecule has 3 N–H and O–H groups in total. The standard InChI is InChI=1S/C13H19N3O2S.ClH/c14-10-3-1-7-16(9-10)12(17)5-6-15-13(18)11-4-2-8-19-11;/h2,4,8,10H,1,3,5-7,9,14H2,(H,15,18);1H. The first-order chi connectivity index (χ1) is 9.16. The molecule has 0 aromatic carbocycles. The summed E-state index contributed by atoms with van der Waals surface area (Å²) in [6.45, 7) is 1.80. The second-order valence-electron chi connectivity index (χ2n) is 4.73. The average Bonchev–Trinajstić information content (AvgIpc) is 2.92. The van der Waals surface area contributed by atoms with Gasteiger partial charge in [0.1, 0.15) is 0 Å². The molecule has 1 aromatic heterocycles. The van der Waals surface area contributed by atoms with Crippen LogP contribution in [0, 0.1) is 0 Å². The minimum absolute atomic E-state index is 0. The number of thiophene rings is 1. The van der Waals surface area contributed by atoms with Crippen molar-refractivity contribution >= 4 is 35.6 Å². The van der Waals surface area contributed by atoms with Crippen LogP contribution in [0.5, 0.6) is 0 Å². The first-order valence-corrected chi connectivity index (χ1v) is 7.40. The number of nitrogens with zero attached hydrogens (tertiary/aromatic N) is 1. The Bertz CT molecular complexity index is 439. The summed E-state index contributed by atoms with van der Waals surface area (Å²) in [7, 11) is 0. The SMILES string of the molecule is Cl.NC1CCCN(C(=O)CCNC(=O)c2cccs2)C1. The van der Waals surface area contributed by atoms with Crippen molar-refractivity contribution < 1.29 is 9.59 Å². The number of rotatable bonds is 4. The summed E-state index contributed by atoms with van der Waals surface area (Å²) in [6, 6.07) is 3.70. The molecule has 0 radical (unpaired) electrons. The van der Waals surface area contributed by atoms with E-state index in [4.69, 9.17) is 5.73 Å². The van der Waals surface area contributed by atoms with E-state index in [0.29, 0.717) is 24.4 Å². The second-order valence-corrected chi connectivity index (χ2v) is 5.67. The minimum atomic E-state index is -0.113. The normalized spacial score (nSPS) is 18.2. The van der Waals surface area contributed by atoms with Gasteiger partial charge < -0.3 is 16.0 Å². The number of nitrogens with one attached hydrogen (secondary N) is 1. The van der Waals surface area contributed by atoms with Crippen LogP contribution in [0.1, 0.15) is 28.9 Å². The highest BCUT2D eigenvalue weighted by Gasteiger charge is 2.20. The Morgan fingerprint density at radius 2 is 2.30 bits per heavy atom. The molecule has 1 aliphatic rings. The number of hydrogen-bond donors (Lipinski definition) is 2. The summed E-state index contributed by atoms with van der Waals surface area (Å²) in [6.07, 6.45) is 2.29. The highest BCUT2D eigenvalue weighted by Crippen LogP contribution is 2.10. The van der Waals surface area contributed by atoms with Gasteiger partial charge in [0, 0.05) is 32.1 Å². The van der Waals surface area contributed by atoms with Crippen LogP contribution in [0.2, 0.25) is 0 Å². The summed E-state index contributed by atoms with van der Waals surface area (Å²) in [5.74, 6) is -0.0419. The molecule has 1 unspecified atom stereocenters. The lowest BCUT2D eigenvalue weighted by molar-refractivity contribution is -0.132. The quantitative estimate of drug-likeness (QED) is 0.877. The fourth-order valence-electron chi connectivity index (χ4n) is 2.17. The molecule has 1 aromatic rings. The number of hydrogen-bond acceptors (Lipinski definition) is 4. The van der Waals surface area contributed by atoms with Crippen LogP contribution < -0.4 is 11.1 Å². The predicted molar refractivity (Wildman–Crippen MR) is 82.3 cm³/mol. The molecule has 1 atom stereocenters. The maximum atomic E-state index is 11.9. The fraction of sp³-hybridized carbons (Fsp3) is 0.538. The van der Waals surface area contributed by atoms with Gasteiger partial charge in [-0.05, 0) is 24.3 Å². The van der Waals surface area contributed by atoms with E-state index in [0.717, 1.165) is 19.4 Å². The van der Waals surface area contributed by atoms with Gasteiger partial charge >= 0.3 is 0 Å². The molecule has 2 rings (SSSR count). The van der Waals surface area contributed by atoms with Gasteiger partial charge in [-0.2, -0.15) is 0 Å². The van der Waals surface area contributed by atoms with Crippen molar-refractivity contribution in [2.45, 2.75) is 25.3 Å². The van der Waals surface area contributed by atoms with Crippen molar-refractivity contribution in [2.24, 2.45) is 5.73 Å². The summed E-state index contributed by atoms with van der Waals surface area (Å²) >= 11 is 1.39. The van der Waals surface area contributed by atoms with Crippen LogP contribution in [0.3, 0.4) is 0 Å². The third kappa shape index (κ3) is 4.77. The number of amides is 2. The van der Waals surface area contributed by atoms with E-state index >= 15 is 0 Å². The monoisotopic (exact) mass is 317 g/mol. The van der Waals surface area contributed by atoms with Gasteiger partial charge in [-0.15, -0.1) is 23.7 Å². The van der Waals surface area contributed by atoms with Gasteiger partial charge in [0.2, 0.25) is 5.91 Å². The van der Waals surface area contributed by atoms with Crippen molar-refractivity contribution in [3.05, 3.63) is 22.4 Å². The molecule has 5 nitrogen and oxygen atoms in total. The zero-order valence-corrected chi connectivity index (χ0v) is 12.8. The Balaban J connectivity index is 0.00000200. The lowest BCUT2D eigenvalue weighted by atomic mass is 10.1. The molecule has 2 amide bonds. The summed E-state index contributed by atoms with van der Waals surface area (Å²) in [5.41, 5.74) is 5.84. The van der Waals surface area contributed by atoms with Crippen LogP contribution in [0.4, 0.5) is 0 Å². The van der Waals surface area contributed by atoms with Crippen LogP contribution in [0.15, 0.2) is 17.5 Å². The largest absolute Gasteiger partial charge is 0.351 e. The van der Waals surface area contributed by atoms with Gasteiger partial charge in [0.25, 0.3) is 5.91 Å². The van der Waals surface area contributed by atoms with Gasteiger partial charge in [-0.1, -0.05) is 6.07 Å². The molecule has 0 bridgehead atoms. The molecule has 1 aliphatic heterocycles. The van der Waals surface area contributed by atoms with Crippen LogP contribution >= 0.6 is 23.7 Å². The molecular formula is C13H20ClN3O2S. The fourth-order valence-corrected chi connectivity index (χ4v) is 2.81. The molecule has 112 valence electrons. The number of piperidine rings is 1. The van der Waals surface area contributed by atoms with Gasteiger partial charge in [0.15, 0.2) is 0 Å². The third-order valence-corrected chi connectivity index (χ3v) is 4.05. The number of carbonyl (C=O) groups is 2. The Morgan fingerprint density at radius 1 is 1.50 bits per heavy atom. The Kier molecular flexibility index (Phi) is 6.98. The number of carbonyl (C=O) groups excluding carboxylic acids is 2. The second kappa shape index (κ2) is 8.24. The molecule has 20 heavy (non-hydrogen) atoms. The van der Waals surface area contributed by atoms with Crippen molar-refractivity contribution in [3.8, 4) is 0 Å². The van der Waals surface area contributed by atoms with Gasteiger partial charge in [0.05, 0.1) is 4.88 Å². The number of halogens is 1. The first-order valence-electron chi connectivity index (χ1n) is 6.52. The summed E-state index contributed by atoms with van der Waals surface area (Å²) in [4.78, 5) is 26.1. The average molecular weight is 318 g/mol. The maximum absolute atomic E-state index is 11.9. The number of nitrogens with two attached hydrogens (primary N) is 1. The van der Waals surface area contributed by atoms with E-state index in [1.54, 1.807) is 11.0 Å². The predicted octanol–water partition coefficient (Wildman–Crippen LogP) is 1.24.